The topological polar surface area (TPSA) is 71.9 Å². The molecule has 3 heterocycles. The molecule has 0 aliphatic carbocycles. The number of aromatic nitrogens is 4. The van der Waals surface area contributed by atoms with E-state index in [0.29, 0.717) is 29.3 Å². The van der Waals surface area contributed by atoms with E-state index in [4.69, 9.17) is 0 Å². The first kappa shape index (κ1) is 16.3. The van der Waals surface area contributed by atoms with Gasteiger partial charge in [-0.15, -0.1) is 0 Å². The number of fused-ring (bicyclic) bond motifs is 1. The zero-order valence-corrected chi connectivity index (χ0v) is 14.3. The molecule has 1 aliphatic rings. The van der Waals surface area contributed by atoms with E-state index in [9.17, 15) is 9.18 Å². The Labute approximate surface area is 149 Å². The van der Waals surface area contributed by atoms with Crippen LogP contribution in [0.3, 0.4) is 0 Å². The average Bonchev–Trinajstić information content (AvgIpc) is 2.97. The zero-order chi connectivity index (χ0) is 18.3. The Morgan fingerprint density at radius 1 is 1.15 bits per heavy atom. The lowest BCUT2D eigenvalue weighted by atomic mass is 10.1. The van der Waals surface area contributed by atoms with Crippen LogP contribution in [0, 0.1) is 12.7 Å². The summed E-state index contributed by atoms with van der Waals surface area (Å²) in [6, 6.07) is 5.89. The summed E-state index contributed by atoms with van der Waals surface area (Å²) in [7, 11) is 0. The lowest BCUT2D eigenvalue weighted by Gasteiger charge is -2.21. The van der Waals surface area contributed by atoms with Crippen molar-refractivity contribution in [2.75, 3.05) is 0 Å². The third kappa shape index (κ3) is 2.81. The molecule has 7 heteroatoms. The maximum atomic E-state index is 13.7. The third-order valence-electron chi connectivity index (χ3n) is 4.45. The quantitative estimate of drug-likeness (QED) is 0.711. The summed E-state index contributed by atoms with van der Waals surface area (Å²) in [4.78, 5) is 31.7. The zero-order valence-electron chi connectivity index (χ0n) is 14.3. The Kier molecular flexibility index (Phi) is 3.91. The Morgan fingerprint density at radius 2 is 1.92 bits per heavy atom. The van der Waals surface area contributed by atoms with E-state index in [0.717, 1.165) is 11.3 Å². The number of aryl methyl sites for hydroxylation is 1. The summed E-state index contributed by atoms with van der Waals surface area (Å²) in [5.74, 6) is 0.220. The van der Waals surface area contributed by atoms with Gasteiger partial charge in [0, 0.05) is 29.7 Å². The molecule has 4 rings (SSSR count). The van der Waals surface area contributed by atoms with Crippen LogP contribution in [0.15, 0.2) is 42.9 Å². The summed E-state index contributed by atoms with van der Waals surface area (Å²) in [6.07, 6.45) is 4.97. The van der Waals surface area contributed by atoms with Gasteiger partial charge in [0.15, 0.2) is 11.6 Å². The number of hydrogen-bond acceptors (Lipinski definition) is 5. The molecule has 0 bridgehead atoms. The van der Waals surface area contributed by atoms with Crippen LogP contribution in [-0.4, -0.2) is 30.7 Å². The number of nitrogens with zero attached hydrogens (tertiary/aromatic N) is 5. The van der Waals surface area contributed by atoms with Crippen molar-refractivity contribution in [1.29, 1.82) is 0 Å². The largest absolute Gasteiger partial charge is 0.326 e. The molecular weight excluding hydrogens is 333 g/mol. The van der Waals surface area contributed by atoms with Crippen LogP contribution in [0.25, 0.3) is 11.6 Å². The molecule has 130 valence electrons. The van der Waals surface area contributed by atoms with Gasteiger partial charge in [-0.3, -0.25) is 4.79 Å². The molecule has 1 aromatic carbocycles. The number of amides is 1. The smallest absolute Gasteiger partial charge is 0.254 e. The highest BCUT2D eigenvalue weighted by atomic mass is 19.1. The molecule has 0 saturated heterocycles. The fourth-order valence-corrected chi connectivity index (χ4v) is 3.16. The van der Waals surface area contributed by atoms with Crippen LogP contribution in [-0.2, 0) is 6.54 Å². The number of halogens is 1. The highest BCUT2D eigenvalue weighted by molar-refractivity contribution is 5.95. The first-order valence-corrected chi connectivity index (χ1v) is 8.24. The van der Waals surface area contributed by atoms with Crippen LogP contribution < -0.4 is 0 Å². The van der Waals surface area contributed by atoms with Gasteiger partial charge in [-0.2, -0.15) is 0 Å². The second-order valence-electron chi connectivity index (χ2n) is 6.29. The molecule has 1 aliphatic heterocycles. The van der Waals surface area contributed by atoms with Gasteiger partial charge in [0.2, 0.25) is 0 Å². The molecule has 26 heavy (non-hydrogen) atoms. The standard InChI is InChI=1S/C19H16FN5O/c1-11-6-13(8-14(20)7-11)19(26)25-10-16-15(12(25)2)9-23-18(24-16)17-21-4-3-5-22-17/h3-9,12H,10H2,1-2H3. The molecule has 1 atom stereocenters. The average molecular weight is 349 g/mol. The Balaban J connectivity index is 1.65. The molecular formula is C19H16FN5O. The van der Waals surface area contributed by atoms with Crippen LogP contribution in [0.5, 0.6) is 0 Å². The van der Waals surface area contributed by atoms with Gasteiger partial charge in [0.1, 0.15) is 5.82 Å². The van der Waals surface area contributed by atoms with Crippen molar-refractivity contribution in [2.45, 2.75) is 26.4 Å². The van der Waals surface area contributed by atoms with E-state index in [-0.39, 0.29) is 11.9 Å². The molecule has 6 nitrogen and oxygen atoms in total. The maximum absolute atomic E-state index is 13.7. The van der Waals surface area contributed by atoms with Crippen molar-refractivity contribution in [2.24, 2.45) is 0 Å². The molecule has 0 fully saturated rings. The second kappa shape index (κ2) is 6.25. The minimum Gasteiger partial charge on any atom is -0.326 e. The van der Waals surface area contributed by atoms with Crippen molar-refractivity contribution < 1.29 is 9.18 Å². The second-order valence-corrected chi connectivity index (χ2v) is 6.29. The fourth-order valence-electron chi connectivity index (χ4n) is 3.16. The Bertz CT molecular complexity index is 972. The predicted molar refractivity (Wildman–Crippen MR) is 92.5 cm³/mol. The molecule has 2 aromatic heterocycles. The summed E-state index contributed by atoms with van der Waals surface area (Å²) < 4.78 is 13.7. The van der Waals surface area contributed by atoms with E-state index < -0.39 is 5.82 Å². The van der Waals surface area contributed by atoms with Gasteiger partial charge >= 0.3 is 0 Å². The van der Waals surface area contributed by atoms with Gasteiger partial charge in [0.25, 0.3) is 5.91 Å². The monoisotopic (exact) mass is 349 g/mol. The van der Waals surface area contributed by atoms with Crippen molar-refractivity contribution in [3.63, 3.8) is 0 Å². The van der Waals surface area contributed by atoms with Gasteiger partial charge in [-0.05, 0) is 43.7 Å². The SMILES string of the molecule is Cc1cc(F)cc(C(=O)N2Cc3nc(-c4ncccn4)ncc3C2C)c1. The first-order valence-electron chi connectivity index (χ1n) is 8.24. The molecule has 0 radical (unpaired) electrons. The van der Waals surface area contributed by atoms with E-state index in [1.165, 1.54) is 12.1 Å². The number of hydrogen-bond donors (Lipinski definition) is 0. The predicted octanol–water partition coefficient (Wildman–Crippen LogP) is 3.10. The van der Waals surface area contributed by atoms with Crippen LogP contribution in [0.2, 0.25) is 0 Å². The van der Waals surface area contributed by atoms with Gasteiger partial charge in [-0.1, -0.05) is 0 Å². The summed E-state index contributed by atoms with van der Waals surface area (Å²) >= 11 is 0. The lowest BCUT2D eigenvalue weighted by Crippen LogP contribution is -2.28. The van der Waals surface area contributed by atoms with E-state index in [1.807, 2.05) is 6.92 Å². The molecule has 1 amide bonds. The molecule has 0 saturated carbocycles. The lowest BCUT2D eigenvalue weighted by molar-refractivity contribution is 0.0703. The number of carbonyl (C=O) groups excluding carboxylic acids is 1. The van der Waals surface area contributed by atoms with Gasteiger partial charge < -0.3 is 4.90 Å². The van der Waals surface area contributed by atoms with E-state index in [1.54, 1.807) is 42.5 Å². The van der Waals surface area contributed by atoms with Crippen molar-refractivity contribution in [3.8, 4) is 11.6 Å². The molecule has 0 N–H and O–H groups in total. The van der Waals surface area contributed by atoms with Crippen LogP contribution in [0.4, 0.5) is 4.39 Å². The van der Waals surface area contributed by atoms with Gasteiger partial charge in [-0.25, -0.2) is 24.3 Å². The van der Waals surface area contributed by atoms with Crippen molar-refractivity contribution in [1.82, 2.24) is 24.8 Å². The van der Waals surface area contributed by atoms with Crippen molar-refractivity contribution >= 4 is 5.91 Å². The van der Waals surface area contributed by atoms with Crippen LogP contribution in [0.1, 0.15) is 40.1 Å². The Hall–Kier alpha value is -3.22. The van der Waals surface area contributed by atoms with E-state index in [2.05, 4.69) is 19.9 Å². The minimum absolute atomic E-state index is 0.188. The summed E-state index contributed by atoms with van der Waals surface area (Å²) in [6.45, 7) is 4.02. The fraction of sp³-hybridized carbons (Fsp3) is 0.211. The van der Waals surface area contributed by atoms with E-state index >= 15 is 0 Å². The number of rotatable bonds is 2. The maximum Gasteiger partial charge on any atom is 0.254 e. The molecule has 1 unspecified atom stereocenters. The minimum atomic E-state index is -0.416. The Morgan fingerprint density at radius 3 is 2.65 bits per heavy atom. The highest BCUT2D eigenvalue weighted by Gasteiger charge is 2.33. The third-order valence-corrected chi connectivity index (χ3v) is 4.45. The first-order chi connectivity index (χ1) is 12.5. The van der Waals surface area contributed by atoms with Crippen molar-refractivity contribution in [3.05, 3.63) is 71.1 Å². The highest BCUT2D eigenvalue weighted by Crippen LogP contribution is 2.33. The molecule has 0 spiro atoms. The van der Waals surface area contributed by atoms with Gasteiger partial charge in [0.05, 0.1) is 18.3 Å². The number of benzene rings is 1. The van der Waals surface area contributed by atoms with Crippen LogP contribution >= 0.6 is 0 Å². The number of carbonyl (C=O) groups is 1. The summed E-state index contributed by atoms with van der Waals surface area (Å²) in [5, 5.41) is 0. The summed E-state index contributed by atoms with van der Waals surface area (Å²) in [5.41, 5.74) is 2.69. The molecule has 3 aromatic rings. The normalized spacial score (nSPS) is 15.8.